The molecule has 0 bridgehead atoms. The maximum Gasteiger partial charge on any atom is 0.257 e. The van der Waals surface area contributed by atoms with Gasteiger partial charge in [0.15, 0.2) is 4.32 Å². The number of thiocarbonyl (C=S) groups is 1. The first-order valence-electron chi connectivity index (χ1n) is 4.44. The van der Waals surface area contributed by atoms with Gasteiger partial charge in [0, 0.05) is 6.92 Å². The van der Waals surface area contributed by atoms with E-state index in [2.05, 4.69) is 20.9 Å². The Labute approximate surface area is 110 Å². The Kier molecular flexibility index (Phi) is 3.54. The van der Waals surface area contributed by atoms with E-state index in [-0.39, 0.29) is 11.8 Å². The topological polar surface area (TPSA) is 87.2 Å². The highest BCUT2D eigenvalue weighted by Crippen LogP contribution is 2.24. The summed E-state index contributed by atoms with van der Waals surface area (Å²) in [6, 6.07) is 0. The average molecular weight is 289 g/mol. The number of hydrogen-bond acceptors (Lipinski definition) is 8. The molecule has 10 heteroatoms. The first-order chi connectivity index (χ1) is 8.06. The molecule has 2 heterocycles. The summed E-state index contributed by atoms with van der Waals surface area (Å²) in [5.41, 5.74) is 2.75. The van der Waals surface area contributed by atoms with Crippen LogP contribution in [0.15, 0.2) is 0 Å². The van der Waals surface area contributed by atoms with Crippen molar-refractivity contribution in [2.75, 3.05) is 16.5 Å². The third-order valence-electron chi connectivity index (χ3n) is 1.67. The summed E-state index contributed by atoms with van der Waals surface area (Å²) >= 11 is 7.39. The summed E-state index contributed by atoms with van der Waals surface area (Å²) in [7, 11) is 0. The Bertz CT molecular complexity index is 472. The molecule has 0 unspecified atom stereocenters. The summed E-state index contributed by atoms with van der Waals surface area (Å²) in [4.78, 5) is 22.2. The Morgan fingerprint density at radius 3 is 2.76 bits per heavy atom. The molecule has 1 aliphatic heterocycles. The predicted molar refractivity (Wildman–Crippen MR) is 69.7 cm³/mol. The van der Waals surface area contributed by atoms with Crippen LogP contribution in [0.1, 0.15) is 6.92 Å². The molecule has 0 radical (unpaired) electrons. The van der Waals surface area contributed by atoms with Gasteiger partial charge in [-0.05, 0) is 0 Å². The second-order valence-electron chi connectivity index (χ2n) is 2.99. The number of hydrazine groups is 1. The molecule has 7 nitrogen and oxygen atoms in total. The molecule has 1 saturated heterocycles. The first kappa shape index (κ1) is 12.2. The van der Waals surface area contributed by atoms with Gasteiger partial charge in [0.1, 0.15) is 0 Å². The third-order valence-corrected chi connectivity index (χ3v) is 3.77. The standard InChI is InChI=1S/C7H7N5O2S3/c1-3(13)8-5-9-10-6(17-5)11-12-4(14)2-16-7(12)15/h2H2,1H3,(H,10,11)(H,8,9,13). The zero-order chi connectivity index (χ0) is 12.4. The molecule has 0 saturated carbocycles. The fourth-order valence-corrected chi connectivity index (χ4v) is 2.68. The van der Waals surface area contributed by atoms with E-state index < -0.39 is 0 Å². The van der Waals surface area contributed by atoms with Crippen LogP contribution < -0.4 is 10.7 Å². The van der Waals surface area contributed by atoms with Crippen molar-refractivity contribution >= 4 is 61.7 Å². The van der Waals surface area contributed by atoms with Crippen molar-refractivity contribution in [3.63, 3.8) is 0 Å². The van der Waals surface area contributed by atoms with Crippen LogP contribution in [0, 0.1) is 0 Å². The monoisotopic (exact) mass is 289 g/mol. The van der Waals surface area contributed by atoms with E-state index in [1.165, 1.54) is 23.7 Å². The summed E-state index contributed by atoms with van der Waals surface area (Å²) < 4.78 is 0.450. The Balaban J connectivity index is 2.03. The fourth-order valence-electron chi connectivity index (χ4n) is 1.03. The lowest BCUT2D eigenvalue weighted by molar-refractivity contribution is -0.123. The Morgan fingerprint density at radius 2 is 2.18 bits per heavy atom. The van der Waals surface area contributed by atoms with E-state index in [0.717, 1.165) is 11.3 Å². The molecule has 0 aliphatic carbocycles. The van der Waals surface area contributed by atoms with Gasteiger partial charge >= 0.3 is 0 Å². The van der Waals surface area contributed by atoms with Crippen molar-refractivity contribution in [2.24, 2.45) is 0 Å². The maximum absolute atomic E-state index is 11.4. The molecule has 2 N–H and O–H groups in total. The average Bonchev–Trinajstić information content (AvgIpc) is 2.79. The molecule has 2 amide bonds. The van der Waals surface area contributed by atoms with Crippen LogP contribution in [0.25, 0.3) is 0 Å². The Hall–Kier alpha value is -1.26. The zero-order valence-corrected chi connectivity index (χ0v) is 11.0. The number of anilines is 2. The van der Waals surface area contributed by atoms with Gasteiger partial charge in [-0.3, -0.25) is 15.0 Å². The van der Waals surface area contributed by atoms with Crippen molar-refractivity contribution in [1.29, 1.82) is 0 Å². The summed E-state index contributed by atoms with van der Waals surface area (Å²) in [5, 5.41) is 12.0. The zero-order valence-electron chi connectivity index (χ0n) is 8.59. The number of amides is 2. The van der Waals surface area contributed by atoms with Crippen LogP contribution in [0.3, 0.4) is 0 Å². The molecule has 0 spiro atoms. The van der Waals surface area contributed by atoms with E-state index in [1.54, 1.807) is 0 Å². The molecule has 2 rings (SSSR count). The fraction of sp³-hybridized carbons (Fsp3) is 0.286. The number of hydrogen-bond donors (Lipinski definition) is 2. The predicted octanol–water partition coefficient (Wildman–Crippen LogP) is 0.684. The van der Waals surface area contributed by atoms with Crippen LogP contribution in [0.4, 0.5) is 10.3 Å². The molecule has 17 heavy (non-hydrogen) atoms. The van der Waals surface area contributed by atoms with E-state index >= 15 is 0 Å². The molecule has 1 aromatic heterocycles. The largest absolute Gasteiger partial charge is 0.301 e. The number of carbonyl (C=O) groups is 2. The van der Waals surface area contributed by atoms with Gasteiger partial charge in [-0.25, -0.2) is 5.01 Å². The number of carbonyl (C=O) groups excluding carboxylic acids is 2. The van der Waals surface area contributed by atoms with Crippen LogP contribution >= 0.6 is 35.3 Å². The third kappa shape index (κ3) is 2.90. The van der Waals surface area contributed by atoms with Gasteiger partial charge in [-0.2, -0.15) is 0 Å². The van der Waals surface area contributed by atoms with Gasteiger partial charge in [-0.15, -0.1) is 10.2 Å². The minimum absolute atomic E-state index is 0.128. The quantitative estimate of drug-likeness (QED) is 0.791. The number of rotatable bonds is 3. The highest BCUT2D eigenvalue weighted by molar-refractivity contribution is 8.23. The second kappa shape index (κ2) is 4.94. The van der Waals surface area contributed by atoms with Crippen LogP contribution in [-0.4, -0.2) is 37.1 Å². The van der Waals surface area contributed by atoms with Gasteiger partial charge in [-0.1, -0.05) is 35.3 Å². The highest BCUT2D eigenvalue weighted by atomic mass is 32.2. The Morgan fingerprint density at radius 1 is 1.47 bits per heavy atom. The number of nitrogens with zero attached hydrogens (tertiary/aromatic N) is 3. The van der Waals surface area contributed by atoms with Crippen molar-refractivity contribution in [2.45, 2.75) is 6.92 Å². The second-order valence-corrected chi connectivity index (χ2v) is 5.58. The molecule has 90 valence electrons. The minimum Gasteiger partial charge on any atom is -0.301 e. The lowest BCUT2D eigenvalue weighted by Gasteiger charge is -2.13. The molecule has 0 atom stereocenters. The minimum atomic E-state index is -0.226. The van der Waals surface area contributed by atoms with Gasteiger partial charge in [0.25, 0.3) is 5.91 Å². The molecule has 1 aliphatic rings. The van der Waals surface area contributed by atoms with Crippen molar-refractivity contribution < 1.29 is 9.59 Å². The lowest BCUT2D eigenvalue weighted by Crippen LogP contribution is -2.34. The normalized spacial score (nSPS) is 15.2. The van der Waals surface area contributed by atoms with E-state index in [4.69, 9.17) is 12.2 Å². The first-order valence-corrected chi connectivity index (χ1v) is 6.65. The van der Waals surface area contributed by atoms with Crippen molar-refractivity contribution in [1.82, 2.24) is 15.2 Å². The van der Waals surface area contributed by atoms with E-state index in [9.17, 15) is 9.59 Å². The van der Waals surface area contributed by atoms with E-state index in [1.807, 2.05) is 0 Å². The summed E-state index contributed by atoms with van der Waals surface area (Å²) in [5.74, 6) is -0.0317. The number of thioether (sulfide) groups is 1. The SMILES string of the molecule is CC(=O)Nc1nnc(NN2C(=O)CSC2=S)s1. The van der Waals surface area contributed by atoms with Crippen molar-refractivity contribution in [3.05, 3.63) is 0 Å². The molecular weight excluding hydrogens is 282 g/mol. The highest BCUT2D eigenvalue weighted by Gasteiger charge is 2.27. The van der Waals surface area contributed by atoms with Gasteiger partial charge in [0.2, 0.25) is 16.2 Å². The summed E-state index contributed by atoms with van der Waals surface area (Å²) in [6.45, 7) is 1.38. The van der Waals surface area contributed by atoms with E-state index in [0.29, 0.717) is 20.3 Å². The van der Waals surface area contributed by atoms with Crippen LogP contribution in [-0.2, 0) is 9.59 Å². The maximum atomic E-state index is 11.4. The van der Waals surface area contributed by atoms with Crippen LogP contribution in [0.2, 0.25) is 0 Å². The molecule has 0 aromatic carbocycles. The molecule has 1 fully saturated rings. The van der Waals surface area contributed by atoms with Crippen LogP contribution in [0.5, 0.6) is 0 Å². The van der Waals surface area contributed by atoms with Gasteiger partial charge in [0.05, 0.1) is 5.75 Å². The van der Waals surface area contributed by atoms with Crippen molar-refractivity contribution in [3.8, 4) is 0 Å². The smallest absolute Gasteiger partial charge is 0.257 e. The molecule has 1 aromatic rings. The van der Waals surface area contributed by atoms with Gasteiger partial charge < -0.3 is 5.32 Å². The number of aromatic nitrogens is 2. The molecular formula is C7H7N5O2S3. The number of nitrogens with one attached hydrogen (secondary N) is 2. The summed E-state index contributed by atoms with van der Waals surface area (Å²) in [6.07, 6.45) is 0. The lowest BCUT2D eigenvalue weighted by atomic mass is 10.7.